The Morgan fingerprint density at radius 3 is 2.72 bits per heavy atom. The first-order chi connectivity index (χ1) is 15.6. The molecule has 8 heteroatoms. The molecule has 0 spiro atoms. The van der Waals surface area contributed by atoms with E-state index in [4.69, 9.17) is 9.84 Å². The number of rotatable bonds is 8. The Labute approximate surface area is 186 Å². The predicted molar refractivity (Wildman–Crippen MR) is 122 cm³/mol. The van der Waals surface area contributed by atoms with Gasteiger partial charge < -0.3 is 14.6 Å². The second kappa shape index (κ2) is 9.47. The van der Waals surface area contributed by atoms with E-state index in [-0.39, 0.29) is 5.91 Å². The van der Waals surface area contributed by atoms with Crippen molar-refractivity contribution in [1.29, 1.82) is 0 Å². The van der Waals surface area contributed by atoms with Crippen molar-refractivity contribution < 1.29 is 9.53 Å². The molecular formula is C24H26N6O2. The first-order valence-electron chi connectivity index (χ1n) is 10.5. The molecule has 164 valence electrons. The molecule has 0 aliphatic heterocycles. The number of hydrogen-bond acceptors (Lipinski definition) is 5. The van der Waals surface area contributed by atoms with Gasteiger partial charge in [0.2, 0.25) is 0 Å². The number of nitrogens with zero attached hydrogens (tertiary/aromatic N) is 5. The van der Waals surface area contributed by atoms with Gasteiger partial charge in [-0.15, -0.1) is 10.2 Å². The van der Waals surface area contributed by atoms with Crippen LogP contribution in [0.25, 0.3) is 16.9 Å². The molecule has 0 fully saturated rings. The quantitative estimate of drug-likeness (QED) is 0.463. The smallest absolute Gasteiger partial charge is 0.255 e. The second-order valence-corrected chi connectivity index (χ2v) is 7.44. The lowest BCUT2D eigenvalue weighted by Crippen LogP contribution is -2.26. The summed E-state index contributed by atoms with van der Waals surface area (Å²) in [5, 5.41) is 15.8. The highest BCUT2D eigenvalue weighted by Gasteiger charge is 2.19. The molecule has 32 heavy (non-hydrogen) atoms. The van der Waals surface area contributed by atoms with Crippen molar-refractivity contribution in [3.05, 3.63) is 78.0 Å². The van der Waals surface area contributed by atoms with Gasteiger partial charge in [0, 0.05) is 31.3 Å². The molecular weight excluding hydrogens is 404 g/mol. The first-order valence-corrected chi connectivity index (χ1v) is 10.5. The highest BCUT2D eigenvalue weighted by Crippen LogP contribution is 2.27. The number of carbonyl (C=O) groups is 1. The molecule has 0 saturated heterocycles. The predicted octanol–water partition coefficient (Wildman–Crippen LogP) is 3.44. The average Bonchev–Trinajstić information content (AvgIpc) is 3.47. The molecule has 0 bridgehead atoms. The molecule has 4 aromatic rings. The van der Waals surface area contributed by atoms with Gasteiger partial charge in [0.05, 0.1) is 18.4 Å². The number of benzene rings is 2. The fraction of sp³-hybridized carbons (Fsp3) is 0.250. The monoisotopic (exact) mass is 430 g/mol. The van der Waals surface area contributed by atoms with Crippen LogP contribution in [0.3, 0.4) is 0 Å². The summed E-state index contributed by atoms with van der Waals surface area (Å²) >= 11 is 0. The van der Waals surface area contributed by atoms with E-state index in [1.54, 1.807) is 24.3 Å². The van der Waals surface area contributed by atoms with Gasteiger partial charge >= 0.3 is 0 Å². The van der Waals surface area contributed by atoms with Crippen molar-refractivity contribution in [3.63, 3.8) is 0 Å². The van der Waals surface area contributed by atoms with Crippen LogP contribution in [0.15, 0.2) is 61.1 Å². The molecule has 1 N–H and O–H groups in total. The summed E-state index contributed by atoms with van der Waals surface area (Å²) in [4.78, 5) is 13.1. The minimum atomic E-state index is -0.191. The third-order valence-corrected chi connectivity index (χ3v) is 5.27. The Morgan fingerprint density at radius 1 is 1.16 bits per heavy atom. The van der Waals surface area contributed by atoms with Gasteiger partial charge in [0.25, 0.3) is 5.91 Å². The molecule has 4 rings (SSSR count). The van der Waals surface area contributed by atoms with E-state index in [1.807, 2.05) is 66.9 Å². The molecule has 2 aromatic carbocycles. The van der Waals surface area contributed by atoms with Crippen molar-refractivity contribution in [2.45, 2.75) is 26.8 Å². The topological polar surface area (TPSA) is 86.9 Å². The highest BCUT2D eigenvalue weighted by molar-refractivity contribution is 6.00. The van der Waals surface area contributed by atoms with E-state index in [0.29, 0.717) is 30.0 Å². The maximum Gasteiger partial charge on any atom is 0.255 e. The van der Waals surface area contributed by atoms with Gasteiger partial charge in [-0.2, -0.15) is 5.10 Å². The number of aromatic nitrogens is 5. The molecule has 8 nitrogen and oxygen atoms in total. The number of hydrogen-bond donors (Lipinski definition) is 1. The summed E-state index contributed by atoms with van der Waals surface area (Å²) in [7, 11) is 1.62. The van der Waals surface area contributed by atoms with Gasteiger partial charge in [0.1, 0.15) is 23.6 Å². The maximum absolute atomic E-state index is 13.1. The van der Waals surface area contributed by atoms with E-state index in [0.717, 1.165) is 29.2 Å². The molecule has 0 saturated carbocycles. The van der Waals surface area contributed by atoms with E-state index >= 15 is 0 Å². The summed E-state index contributed by atoms with van der Waals surface area (Å²) in [6.45, 7) is 5.31. The van der Waals surface area contributed by atoms with Crippen LogP contribution < -0.4 is 10.1 Å². The third-order valence-electron chi connectivity index (χ3n) is 5.27. The molecule has 1 amide bonds. The van der Waals surface area contributed by atoms with E-state index in [1.165, 1.54) is 0 Å². The zero-order valence-corrected chi connectivity index (χ0v) is 18.4. The van der Waals surface area contributed by atoms with Crippen LogP contribution in [0, 0.1) is 6.92 Å². The van der Waals surface area contributed by atoms with Crippen LogP contribution in [0.1, 0.15) is 28.7 Å². The standard InChI is InChI=1S/C24H26N6O2/c1-4-29-16-26-27-22(29)12-13-25-24(31)21-15-30(19-10-8-17(2)9-11-19)28-23(21)18-6-5-7-20(14-18)32-3/h5-11,14-16H,4,12-13H2,1-3H3,(H,25,31). The minimum Gasteiger partial charge on any atom is -0.497 e. The van der Waals surface area contributed by atoms with Gasteiger partial charge in [-0.3, -0.25) is 4.79 Å². The van der Waals surface area contributed by atoms with Crippen LogP contribution in [0.5, 0.6) is 5.75 Å². The number of aryl methyl sites for hydroxylation is 2. The number of methoxy groups -OCH3 is 1. The van der Waals surface area contributed by atoms with Gasteiger partial charge in [0.15, 0.2) is 0 Å². The van der Waals surface area contributed by atoms with E-state index in [9.17, 15) is 4.79 Å². The van der Waals surface area contributed by atoms with Crippen LogP contribution >= 0.6 is 0 Å². The molecule has 0 radical (unpaired) electrons. The number of amides is 1. The van der Waals surface area contributed by atoms with Gasteiger partial charge in [-0.05, 0) is 38.1 Å². The fourth-order valence-corrected chi connectivity index (χ4v) is 3.47. The van der Waals surface area contributed by atoms with Gasteiger partial charge in [-0.25, -0.2) is 4.68 Å². The second-order valence-electron chi connectivity index (χ2n) is 7.44. The Balaban J connectivity index is 1.62. The fourth-order valence-electron chi connectivity index (χ4n) is 3.47. The Bertz CT molecular complexity index is 1210. The normalized spacial score (nSPS) is 10.8. The van der Waals surface area contributed by atoms with E-state index in [2.05, 4.69) is 15.5 Å². The lowest BCUT2D eigenvalue weighted by Gasteiger charge is -2.07. The highest BCUT2D eigenvalue weighted by atomic mass is 16.5. The lowest BCUT2D eigenvalue weighted by molar-refractivity contribution is 0.0954. The number of ether oxygens (including phenoxy) is 1. The molecule has 2 heterocycles. The summed E-state index contributed by atoms with van der Waals surface area (Å²) in [5.41, 5.74) is 3.95. The van der Waals surface area contributed by atoms with Crippen molar-refractivity contribution in [2.24, 2.45) is 0 Å². The number of carbonyl (C=O) groups excluding carboxylic acids is 1. The summed E-state index contributed by atoms with van der Waals surface area (Å²) in [5.74, 6) is 1.36. The average molecular weight is 431 g/mol. The van der Waals surface area contributed by atoms with Crippen molar-refractivity contribution in [2.75, 3.05) is 13.7 Å². The molecule has 0 atom stereocenters. The summed E-state index contributed by atoms with van der Waals surface area (Å²) in [6.07, 6.45) is 4.06. The zero-order valence-electron chi connectivity index (χ0n) is 18.4. The minimum absolute atomic E-state index is 0.191. The summed E-state index contributed by atoms with van der Waals surface area (Å²) < 4.78 is 9.05. The largest absolute Gasteiger partial charge is 0.497 e. The van der Waals surface area contributed by atoms with Crippen molar-refractivity contribution >= 4 is 5.91 Å². The molecule has 0 aliphatic carbocycles. The molecule has 0 aliphatic rings. The molecule has 2 aromatic heterocycles. The third kappa shape index (κ3) is 4.54. The number of nitrogens with one attached hydrogen (secondary N) is 1. The Hall–Kier alpha value is -3.94. The lowest BCUT2D eigenvalue weighted by atomic mass is 10.1. The van der Waals surface area contributed by atoms with Crippen molar-refractivity contribution in [1.82, 2.24) is 29.9 Å². The Kier molecular flexibility index (Phi) is 6.30. The Morgan fingerprint density at radius 2 is 1.97 bits per heavy atom. The van der Waals surface area contributed by atoms with Crippen LogP contribution in [-0.4, -0.2) is 44.1 Å². The SMILES string of the molecule is CCn1cnnc1CCNC(=O)c1cn(-c2ccc(C)cc2)nc1-c1cccc(OC)c1. The first kappa shape index (κ1) is 21.3. The van der Waals surface area contributed by atoms with Crippen LogP contribution in [0.2, 0.25) is 0 Å². The molecule has 0 unspecified atom stereocenters. The summed E-state index contributed by atoms with van der Waals surface area (Å²) in [6, 6.07) is 15.6. The van der Waals surface area contributed by atoms with E-state index < -0.39 is 0 Å². The van der Waals surface area contributed by atoms with Crippen LogP contribution in [-0.2, 0) is 13.0 Å². The maximum atomic E-state index is 13.1. The van der Waals surface area contributed by atoms with Crippen LogP contribution in [0.4, 0.5) is 0 Å². The zero-order chi connectivity index (χ0) is 22.5. The van der Waals surface area contributed by atoms with Gasteiger partial charge in [-0.1, -0.05) is 29.8 Å². The van der Waals surface area contributed by atoms with Crippen molar-refractivity contribution in [3.8, 4) is 22.7 Å².